The Morgan fingerprint density at radius 1 is 0.294 bits per heavy atom. The summed E-state index contributed by atoms with van der Waals surface area (Å²) in [6.07, 6.45) is 0. The lowest BCUT2D eigenvalue weighted by molar-refractivity contribution is 1.63. The second-order valence-corrected chi connectivity index (χ2v) is 8.94. The Kier molecular flexibility index (Phi) is 4.25. The second kappa shape index (κ2) is 7.57. The Labute approximate surface area is 198 Å². The molecule has 0 N–H and O–H groups in total. The van der Waals surface area contributed by atoms with Crippen LogP contribution in [0.4, 0.5) is 0 Å². The third kappa shape index (κ3) is 2.86. The van der Waals surface area contributed by atoms with Gasteiger partial charge in [0, 0.05) is 0 Å². The topological polar surface area (TPSA) is 0 Å². The minimum atomic E-state index is 1.25. The lowest BCUT2D eigenvalue weighted by Gasteiger charge is -2.20. The van der Waals surface area contributed by atoms with Crippen LogP contribution in [0.15, 0.2) is 133 Å². The van der Waals surface area contributed by atoms with Gasteiger partial charge < -0.3 is 0 Å². The highest BCUT2D eigenvalue weighted by Crippen LogP contribution is 2.47. The van der Waals surface area contributed by atoms with E-state index in [0.717, 1.165) is 0 Å². The molecule has 0 spiro atoms. The third-order valence-electron chi connectivity index (χ3n) is 7.00. The number of hydrogen-bond donors (Lipinski definition) is 0. The molecule has 0 saturated heterocycles. The minimum Gasteiger partial charge on any atom is -0.0622 e. The lowest BCUT2D eigenvalue weighted by Crippen LogP contribution is -1.93. The fourth-order valence-corrected chi connectivity index (χ4v) is 5.50. The summed E-state index contributed by atoms with van der Waals surface area (Å²) in [6.45, 7) is 0. The first kappa shape index (κ1) is 19.1. The fraction of sp³-hybridized carbons (Fsp3) is 0. The van der Waals surface area contributed by atoms with Crippen molar-refractivity contribution < 1.29 is 0 Å². The van der Waals surface area contributed by atoms with Crippen LogP contribution in [0.2, 0.25) is 0 Å². The van der Waals surface area contributed by atoms with Crippen molar-refractivity contribution in [3.8, 4) is 22.3 Å². The molecule has 0 saturated carbocycles. The van der Waals surface area contributed by atoms with E-state index in [0.29, 0.717) is 0 Å². The Morgan fingerprint density at radius 2 is 0.794 bits per heavy atom. The molecule has 7 rings (SSSR count). The molecule has 0 nitrogen and oxygen atoms in total. The van der Waals surface area contributed by atoms with Crippen LogP contribution < -0.4 is 0 Å². The summed E-state index contributed by atoms with van der Waals surface area (Å²) >= 11 is 0. The molecule has 0 atom stereocenters. The van der Waals surface area contributed by atoms with Crippen molar-refractivity contribution >= 4 is 43.1 Å². The van der Waals surface area contributed by atoms with Crippen LogP contribution in [0.3, 0.4) is 0 Å². The maximum Gasteiger partial charge on any atom is -0.00199 e. The maximum atomic E-state index is 2.39. The van der Waals surface area contributed by atoms with Crippen LogP contribution in [0.1, 0.15) is 0 Å². The zero-order valence-electron chi connectivity index (χ0n) is 18.7. The first-order chi connectivity index (χ1) is 16.9. The molecule has 0 bridgehead atoms. The highest BCUT2D eigenvalue weighted by molar-refractivity contribution is 6.30. The zero-order valence-corrected chi connectivity index (χ0v) is 18.7. The zero-order chi connectivity index (χ0) is 22.5. The van der Waals surface area contributed by atoms with Crippen LogP contribution in [0.25, 0.3) is 65.3 Å². The van der Waals surface area contributed by atoms with E-state index in [1.54, 1.807) is 0 Å². The molecule has 0 heteroatoms. The van der Waals surface area contributed by atoms with E-state index in [-0.39, 0.29) is 0 Å². The average molecular weight is 431 g/mol. The Balaban J connectivity index is 1.82. The first-order valence-electron chi connectivity index (χ1n) is 11.8. The number of rotatable bonds is 2. The van der Waals surface area contributed by atoms with Gasteiger partial charge in [0.1, 0.15) is 0 Å². The maximum absolute atomic E-state index is 2.39. The Bertz CT molecular complexity index is 1790. The van der Waals surface area contributed by atoms with Gasteiger partial charge in [0.25, 0.3) is 0 Å². The molecular formula is C34H22. The third-order valence-corrected chi connectivity index (χ3v) is 7.00. The molecule has 0 radical (unpaired) electrons. The van der Waals surface area contributed by atoms with Crippen molar-refractivity contribution in [1.29, 1.82) is 0 Å². The number of hydrogen-bond acceptors (Lipinski definition) is 0. The van der Waals surface area contributed by atoms with Gasteiger partial charge in [0.2, 0.25) is 0 Å². The van der Waals surface area contributed by atoms with E-state index < -0.39 is 0 Å². The van der Waals surface area contributed by atoms with Crippen molar-refractivity contribution in [3.05, 3.63) is 133 Å². The average Bonchev–Trinajstić information content (AvgIpc) is 2.92. The van der Waals surface area contributed by atoms with Crippen LogP contribution in [0, 0.1) is 0 Å². The summed E-state index contributed by atoms with van der Waals surface area (Å²) in [6, 6.07) is 48.5. The molecule has 7 aromatic rings. The number of fused-ring (bicyclic) bond motifs is 6. The molecule has 0 heterocycles. The monoisotopic (exact) mass is 430 g/mol. The van der Waals surface area contributed by atoms with Gasteiger partial charge in [-0.3, -0.25) is 0 Å². The summed E-state index contributed by atoms with van der Waals surface area (Å²) in [7, 11) is 0. The van der Waals surface area contributed by atoms with Crippen LogP contribution in [0.5, 0.6) is 0 Å². The van der Waals surface area contributed by atoms with E-state index in [1.165, 1.54) is 65.3 Å². The van der Waals surface area contributed by atoms with Gasteiger partial charge in [-0.05, 0) is 77.5 Å². The molecule has 0 amide bonds. The summed E-state index contributed by atoms with van der Waals surface area (Å²) in [5, 5.41) is 10.4. The largest absolute Gasteiger partial charge is 0.0622 e. The smallest absolute Gasteiger partial charge is 0.00199 e. The van der Waals surface area contributed by atoms with Gasteiger partial charge in [-0.1, -0.05) is 121 Å². The molecule has 0 aliphatic rings. The second-order valence-electron chi connectivity index (χ2n) is 8.94. The van der Waals surface area contributed by atoms with Crippen LogP contribution >= 0.6 is 0 Å². The summed E-state index contributed by atoms with van der Waals surface area (Å²) in [5.74, 6) is 0. The van der Waals surface area contributed by atoms with E-state index >= 15 is 0 Å². The predicted octanol–water partition coefficient (Wildman–Crippen LogP) is 9.63. The standard InChI is InChI=1S/C34H22/c1-3-12-24(13-4-1)32-29-20-19-23-11-9-10-18-28(23)34(29)31-22-27-17-8-7-16-26(27)21-30(31)33(32)25-14-5-2-6-15-25/h1-22H. The molecule has 0 aliphatic heterocycles. The molecule has 0 fully saturated rings. The molecule has 0 aliphatic carbocycles. The van der Waals surface area contributed by atoms with Crippen LogP contribution in [-0.2, 0) is 0 Å². The number of benzene rings is 7. The van der Waals surface area contributed by atoms with Gasteiger partial charge in [0.05, 0.1) is 0 Å². The van der Waals surface area contributed by atoms with E-state index in [1.807, 2.05) is 0 Å². The van der Waals surface area contributed by atoms with E-state index in [4.69, 9.17) is 0 Å². The molecule has 34 heavy (non-hydrogen) atoms. The molecule has 0 unspecified atom stereocenters. The lowest BCUT2D eigenvalue weighted by atomic mass is 9.83. The van der Waals surface area contributed by atoms with Gasteiger partial charge >= 0.3 is 0 Å². The SMILES string of the molecule is c1ccc(-c2c(-c3ccccc3)c3ccc4ccccc4c3c3cc4ccccc4cc23)cc1. The molecule has 0 aromatic heterocycles. The van der Waals surface area contributed by atoms with Gasteiger partial charge in [-0.25, -0.2) is 0 Å². The van der Waals surface area contributed by atoms with Crippen molar-refractivity contribution in [1.82, 2.24) is 0 Å². The van der Waals surface area contributed by atoms with E-state index in [2.05, 4.69) is 133 Å². The minimum absolute atomic E-state index is 1.25. The van der Waals surface area contributed by atoms with Gasteiger partial charge in [-0.2, -0.15) is 0 Å². The normalized spacial score (nSPS) is 11.5. The predicted molar refractivity (Wildman–Crippen MR) is 147 cm³/mol. The highest BCUT2D eigenvalue weighted by Gasteiger charge is 2.19. The summed E-state index contributed by atoms with van der Waals surface area (Å²) < 4.78 is 0. The van der Waals surface area contributed by atoms with Gasteiger partial charge in [0.15, 0.2) is 0 Å². The van der Waals surface area contributed by atoms with Crippen molar-refractivity contribution in [2.45, 2.75) is 0 Å². The Hall–Kier alpha value is -4.42. The fourth-order valence-electron chi connectivity index (χ4n) is 5.50. The summed E-state index contributed by atoms with van der Waals surface area (Å²) in [5.41, 5.74) is 5.10. The first-order valence-corrected chi connectivity index (χ1v) is 11.8. The molecule has 7 aromatic carbocycles. The quantitative estimate of drug-likeness (QED) is 0.189. The van der Waals surface area contributed by atoms with Crippen molar-refractivity contribution in [2.24, 2.45) is 0 Å². The van der Waals surface area contributed by atoms with Crippen LogP contribution in [-0.4, -0.2) is 0 Å². The Morgan fingerprint density at radius 3 is 1.44 bits per heavy atom. The van der Waals surface area contributed by atoms with Crippen molar-refractivity contribution in [2.75, 3.05) is 0 Å². The highest BCUT2D eigenvalue weighted by atomic mass is 14.2. The van der Waals surface area contributed by atoms with E-state index in [9.17, 15) is 0 Å². The molecule has 158 valence electrons. The molecular weight excluding hydrogens is 408 g/mol. The van der Waals surface area contributed by atoms with Crippen molar-refractivity contribution in [3.63, 3.8) is 0 Å². The summed E-state index contributed by atoms with van der Waals surface area (Å²) in [4.78, 5) is 0. The van der Waals surface area contributed by atoms with Gasteiger partial charge in [-0.15, -0.1) is 0 Å².